The zero-order valence-electron chi connectivity index (χ0n) is 6.90. The zero-order chi connectivity index (χ0) is 8.27. The number of aliphatic hydroxyl groups excluding tert-OH is 1. The van der Waals surface area contributed by atoms with E-state index in [-0.39, 0.29) is 31.0 Å². The molecule has 1 aliphatic rings. The van der Waals surface area contributed by atoms with Crippen molar-refractivity contribution in [3.8, 4) is 0 Å². The first-order chi connectivity index (χ1) is 5.24. The predicted octanol–water partition coefficient (Wildman–Crippen LogP) is -0.650. The van der Waals surface area contributed by atoms with Gasteiger partial charge in [0.15, 0.2) is 0 Å². The Morgan fingerprint density at radius 2 is 2.00 bits per heavy atom. The molecular weight excluding hydrogens is 180 g/mol. The van der Waals surface area contributed by atoms with E-state index in [0.717, 1.165) is 12.8 Å². The van der Waals surface area contributed by atoms with E-state index >= 15 is 0 Å². The molecule has 0 aliphatic carbocycles. The van der Waals surface area contributed by atoms with E-state index in [1.54, 1.807) is 4.90 Å². The highest BCUT2D eigenvalue weighted by atomic mass is 35.5. The fraction of sp³-hybridized carbons (Fsp3) is 0.857. The predicted molar refractivity (Wildman–Crippen MR) is 48.1 cm³/mol. The van der Waals surface area contributed by atoms with Gasteiger partial charge in [-0.2, -0.15) is 0 Å². The van der Waals surface area contributed by atoms with Crippen LogP contribution in [-0.4, -0.2) is 41.7 Å². The Kier molecular flexibility index (Phi) is 5.20. The summed E-state index contributed by atoms with van der Waals surface area (Å²) in [7, 11) is 0. The number of piperidine rings is 1. The van der Waals surface area contributed by atoms with Crippen LogP contribution in [0, 0.1) is 0 Å². The number of carbonyl (C=O) groups excluding carboxylic acids is 1. The Morgan fingerprint density at radius 1 is 1.50 bits per heavy atom. The summed E-state index contributed by atoms with van der Waals surface area (Å²) in [5.74, 6) is -0.183. The Balaban J connectivity index is 0.00000121. The molecule has 1 amide bonds. The van der Waals surface area contributed by atoms with Gasteiger partial charge in [-0.25, -0.2) is 0 Å². The summed E-state index contributed by atoms with van der Waals surface area (Å²) >= 11 is 0. The number of halogens is 1. The van der Waals surface area contributed by atoms with Crippen molar-refractivity contribution in [1.29, 1.82) is 0 Å². The number of likely N-dealkylation sites (tertiary alicyclic amines) is 1. The van der Waals surface area contributed by atoms with E-state index in [0.29, 0.717) is 13.1 Å². The van der Waals surface area contributed by atoms with Crippen LogP contribution >= 0.6 is 12.4 Å². The molecule has 0 aromatic carbocycles. The van der Waals surface area contributed by atoms with Gasteiger partial charge < -0.3 is 15.7 Å². The number of amides is 1. The van der Waals surface area contributed by atoms with Gasteiger partial charge in [0, 0.05) is 19.1 Å². The van der Waals surface area contributed by atoms with Crippen LogP contribution in [0.1, 0.15) is 12.8 Å². The molecule has 1 rings (SSSR count). The van der Waals surface area contributed by atoms with Gasteiger partial charge in [-0.05, 0) is 12.8 Å². The van der Waals surface area contributed by atoms with Crippen LogP contribution in [0.15, 0.2) is 0 Å². The quantitative estimate of drug-likeness (QED) is 0.583. The minimum absolute atomic E-state index is 0. The first-order valence-corrected chi connectivity index (χ1v) is 3.88. The number of rotatable bonds is 1. The average molecular weight is 195 g/mol. The monoisotopic (exact) mass is 194 g/mol. The SMILES string of the molecule is Cl.NC1CCN(C(=O)CO)CC1. The highest BCUT2D eigenvalue weighted by Crippen LogP contribution is 2.07. The summed E-state index contributed by atoms with van der Waals surface area (Å²) in [4.78, 5) is 12.6. The smallest absolute Gasteiger partial charge is 0.248 e. The molecule has 0 radical (unpaired) electrons. The Hall–Kier alpha value is -0.320. The Bertz CT molecular complexity index is 146. The van der Waals surface area contributed by atoms with Gasteiger partial charge in [0.1, 0.15) is 6.61 Å². The summed E-state index contributed by atoms with van der Waals surface area (Å²) in [6.07, 6.45) is 1.71. The third kappa shape index (κ3) is 2.97. The van der Waals surface area contributed by atoms with Gasteiger partial charge in [-0.3, -0.25) is 4.79 Å². The lowest BCUT2D eigenvalue weighted by atomic mass is 10.1. The number of hydrogen-bond donors (Lipinski definition) is 2. The molecule has 0 aromatic rings. The molecule has 1 fully saturated rings. The van der Waals surface area contributed by atoms with Crippen molar-refractivity contribution < 1.29 is 9.90 Å². The minimum Gasteiger partial charge on any atom is -0.387 e. The third-order valence-corrected chi connectivity index (χ3v) is 2.03. The van der Waals surface area contributed by atoms with Crippen molar-refractivity contribution in [2.75, 3.05) is 19.7 Å². The van der Waals surface area contributed by atoms with Crippen molar-refractivity contribution in [2.24, 2.45) is 5.73 Å². The van der Waals surface area contributed by atoms with Crippen molar-refractivity contribution in [3.05, 3.63) is 0 Å². The molecule has 0 atom stereocenters. The molecule has 3 N–H and O–H groups in total. The van der Waals surface area contributed by atoms with E-state index in [4.69, 9.17) is 10.8 Å². The summed E-state index contributed by atoms with van der Waals surface area (Å²) in [6, 6.07) is 0.234. The topological polar surface area (TPSA) is 66.6 Å². The molecule has 0 bridgehead atoms. The van der Waals surface area contributed by atoms with Crippen molar-refractivity contribution in [1.82, 2.24) is 4.90 Å². The molecule has 12 heavy (non-hydrogen) atoms. The maximum absolute atomic E-state index is 10.9. The normalized spacial score (nSPS) is 18.7. The fourth-order valence-corrected chi connectivity index (χ4v) is 1.25. The lowest BCUT2D eigenvalue weighted by molar-refractivity contribution is -0.135. The molecule has 0 saturated carbocycles. The summed E-state index contributed by atoms with van der Waals surface area (Å²) in [5, 5.41) is 8.53. The average Bonchev–Trinajstić information content (AvgIpc) is 2.05. The first kappa shape index (κ1) is 11.7. The molecule has 0 aromatic heterocycles. The molecule has 0 unspecified atom stereocenters. The largest absolute Gasteiger partial charge is 0.387 e. The van der Waals surface area contributed by atoms with Crippen LogP contribution < -0.4 is 5.73 Å². The van der Waals surface area contributed by atoms with E-state index in [9.17, 15) is 4.79 Å². The van der Waals surface area contributed by atoms with E-state index < -0.39 is 0 Å². The van der Waals surface area contributed by atoms with Crippen LogP contribution in [0.2, 0.25) is 0 Å². The molecule has 4 nitrogen and oxygen atoms in total. The van der Waals surface area contributed by atoms with Crippen LogP contribution in [0.5, 0.6) is 0 Å². The Labute approximate surface area is 78.1 Å². The van der Waals surface area contributed by atoms with Crippen LogP contribution in [0.25, 0.3) is 0 Å². The summed E-state index contributed by atoms with van der Waals surface area (Å²) in [5.41, 5.74) is 5.64. The highest BCUT2D eigenvalue weighted by Gasteiger charge is 2.19. The van der Waals surface area contributed by atoms with E-state index in [1.165, 1.54) is 0 Å². The minimum atomic E-state index is -0.380. The summed E-state index contributed by atoms with van der Waals surface area (Å²) in [6.45, 7) is 1.01. The van der Waals surface area contributed by atoms with Gasteiger partial charge in [0.25, 0.3) is 0 Å². The number of nitrogens with zero attached hydrogens (tertiary/aromatic N) is 1. The first-order valence-electron chi connectivity index (χ1n) is 3.88. The zero-order valence-corrected chi connectivity index (χ0v) is 7.72. The van der Waals surface area contributed by atoms with Gasteiger partial charge in [0.2, 0.25) is 5.91 Å². The highest BCUT2D eigenvalue weighted by molar-refractivity contribution is 5.85. The second-order valence-corrected chi connectivity index (χ2v) is 2.88. The molecular formula is C7H15ClN2O2. The van der Waals surface area contributed by atoms with Crippen molar-refractivity contribution in [3.63, 3.8) is 0 Å². The number of aliphatic hydroxyl groups is 1. The standard InChI is InChI=1S/C7H14N2O2.ClH/c8-6-1-3-9(4-2-6)7(11)5-10;/h6,10H,1-5,8H2;1H. The van der Waals surface area contributed by atoms with Gasteiger partial charge >= 0.3 is 0 Å². The van der Waals surface area contributed by atoms with Crippen molar-refractivity contribution >= 4 is 18.3 Å². The van der Waals surface area contributed by atoms with Crippen molar-refractivity contribution in [2.45, 2.75) is 18.9 Å². The summed E-state index contributed by atoms with van der Waals surface area (Å²) < 4.78 is 0. The number of carbonyl (C=O) groups is 1. The maximum Gasteiger partial charge on any atom is 0.248 e. The second kappa shape index (κ2) is 5.35. The van der Waals surface area contributed by atoms with Gasteiger partial charge in [-0.1, -0.05) is 0 Å². The van der Waals surface area contributed by atoms with Crippen LogP contribution in [0.3, 0.4) is 0 Å². The molecule has 5 heteroatoms. The van der Waals surface area contributed by atoms with Gasteiger partial charge in [0.05, 0.1) is 0 Å². The molecule has 1 saturated heterocycles. The Morgan fingerprint density at radius 3 is 2.42 bits per heavy atom. The van der Waals surface area contributed by atoms with Crippen LogP contribution in [0.4, 0.5) is 0 Å². The lowest BCUT2D eigenvalue weighted by Gasteiger charge is -2.29. The molecule has 72 valence electrons. The maximum atomic E-state index is 10.9. The van der Waals surface area contributed by atoms with E-state index in [1.807, 2.05) is 0 Å². The molecule has 1 aliphatic heterocycles. The molecule has 1 heterocycles. The third-order valence-electron chi connectivity index (χ3n) is 2.03. The fourth-order valence-electron chi connectivity index (χ4n) is 1.25. The second-order valence-electron chi connectivity index (χ2n) is 2.88. The number of hydrogen-bond acceptors (Lipinski definition) is 3. The van der Waals surface area contributed by atoms with Crippen LogP contribution in [-0.2, 0) is 4.79 Å². The molecule has 0 spiro atoms. The lowest BCUT2D eigenvalue weighted by Crippen LogP contribution is -2.43. The van der Waals surface area contributed by atoms with Gasteiger partial charge in [-0.15, -0.1) is 12.4 Å². The van der Waals surface area contributed by atoms with E-state index in [2.05, 4.69) is 0 Å². The number of nitrogens with two attached hydrogens (primary N) is 1.